The predicted molar refractivity (Wildman–Crippen MR) is 53.1 cm³/mol. The first-order valence-electron chi connectivity index (χ1n) is 4.66. The fourth-order valence-electron chi connectivity index (χ4n) is 1.59. The molecule has 70 valence electrons. The second kappa shape index (κ2) is 3.87. The van der Waals surface area contributed by atoms with E-state index in [-0.39, 0.29) is 0 Å². The highest BCUT2D eigenvalue weighted by Crippen LogP contribution is 2.13. The number of nitrogens with two attached hydrogens (primary N) is 1. The Hall–Kier alpha value is -0.900. The van der Waals surface area contributed by atoms with E-state index in [4.69, 9.17) is 5.73 Å². The molecule has 3 heteroatoms. The van der Waals surface area contributed by atoms with Gasteiger partial charge in [0, 0.05) is 19.6 Å². The fraction of sp³-hybridized carbons (Fsp3) is 0.400. The first-order valence-corrected chi connectivity index (χ1v) is 4.66. The Morgan fingerprint density at radius 2 is 1.77 bits per heavy atom. The van der Waals surface area contributed by atoms with E-state index < -0.39 is 0 Å². The molecule has 1 aromatic rings. The Labute approximate surface area is 78.3 Å². The van der Waals surface area contributed by atoms with Crippen LogP contribution in [0.3, 0.4) is 0 Å². The van der Waals surface area contributed by atoms with Crippen molar-refractivity contribution in [2.45, 2.75) is 12.7 Å². The summed E-state index contributed by atoms with van der Waals surface area (Å²) in [5.74, 6) is 0. The molecule has 4 N–H and O–H groups in total. The van der Waals surface area contributed by atoms with Crippen LogP contribution in [0.2, 0.25) is 0 Å². The Balaban J connectivity index is 2.12. The van der Waals surface area contributed by atoms with Gasteiger partial charge >= 0.3 is 0 Å². The summed E-state index contributed by atoms with van der Waals surface area (Å²) in [4.78, 5) is 0. The van der Waals surface area contributed by atoms with Crippen LogP contribution in [0, 0.1) is 0 Å². The van der Waals surface area contributed by atoms with Crippen LogP contribution in [0.25, 0.3) is 0 Å². The molecule has 0 radical (unpaired) electrons. The Morgan fingerprint density at radius 3 is 2.31 bits per heavy atom. The number of hydrogen-bond acceptors (Lipinski definition) is 3. The molecule has 1 heterocycles. The summed E-state index contributed by atoms with van der Waals surface area (Å²) in [6.07, 6.45) is 0.326. The van der Waals surface area contributed by atoms with Gasteiger partial charge in [0.1, 0.15) is 0 Å². The first-order chi connectivity index (χ1) is 6.40. The van der Waals surface area contributed by atoms with Crippen LogP contribution in [0.5, 0.6) is 0 Å². The fourth-order valence-corrected chi connectivity index (χ4v) is 1.59. The summed E-state index contributed by atoms with van der Waals surface area (Å²) in [7, 11) is 0. The molecule has 0 atom stereocenters. The highest BCUT2D eigenvalue weighted by atomic mass is 15.2. The van der Waals surface area contributed by atoms with Crippen LogP contribution < -0.4 is 16.4 Å². The van der Waals surface area contributed by atoms with Crippen LogP contribution in [0.15, 0.2) is 24.3 Å². The quantitative estimate of drug-likeness (QED) is 0.610. The van der Waals surface area contributed by atoms with Crippen molar-refractivity contribution >= 4 is 0 Å². The smallest absolute Gasteiger partial charge is 0.0836 e. The Morgan fingerprint density at radius 1 is 1.15 bits per heavy atom. The average molecular weight is 177 g/mol. The van der Waals surface area contributed by atoms with Gasteiger partial charge in [-0.05, 0) is 11.1 Å². The maximum absolute atomic E-state index is 5.52. The molecular weight excluding hydrogens is 162 g/mol. The van der Waals surface area contributed by atoms with Crippen molar-refractivity contribution in [3.8, 4) is 0 Å². The molecule has 1 saturated heterocycles. The topological polar surface area (TPSA) is 50.1 Å². The van der Waals surface area contributed by atoms with Crippen molar-refractivity contribution in [3.63, 3.8) is 0 Å². The lowest BCUT2D eigenvalue weighted by molar-refractivity contribution is 0.588. The van der Waals surface area contributed by atoms with Gasteiger partial charge in [0.05, 0.1) is 6.17 Å². The summed E-state index contributed by atoms with van der Waals surface area (Å²) in [6.45, 7) is 2.71. The largest absolute Gasteiger partial charge is 0.326 e. The third-order valence-corrected chi connectivity index (χ3v) is 2.37. The highest BCUT2D eigenvalue weighted by molar-refractivity contribution is 5.25. The number of benzene rings is 1. The normalized spacial score (nSPS) is 17.9. The molecule has 2 rings (SSSR count). The zero-order chi connectivity index (χ0) is 9.10. The summed E-state index contributed by atoms with van der Waals surface area (Å²) in [6, 6.07) is 8.41. The summed E-state index contributed by atoms with van der Waals surface area (Å²) in [5, 5.41) is 6.74. The van der Waals surface area contributed by atoms with Crippen molar-refractivity contribution in [3.05, 3.63) is 35.4 Å². The maximum Gasteiger partial charge on any atom is 0.0836 e. The van der Waals surface area contributed by atoms with E-state index in [9.17, 15) is 0 Å². The lowest BCUT2D eigenvalue weighted by Gasteiger charge is -2.11. The maximum atomic E-state index is 5.52. The first kappa shape index (κ1) is 8.69. The molecule has 0 aliphatic carbocycles. The molecule has 13 heavy (non-hydrogen) atoms. The standard InChI is InChI=1S/C10H15N3/c11-7-8-1-3-9(4-2-8)10-12-5-6-13-10/h1-4,10,12-13H,5-7,11H2. The minimum atomic E-state index is 0.326. The molecule has 0 spiro atoms. The molecule has 0 amide bonds. The van der Waals surface area contributed by atoms with E-state index in [0.717, 1.165) is 13.1 Å². The SMILES string of the molecule is NCc1ccc(C2NCCN2)cc1. The molecule has 0 saturated carbocycles. The Bertz CT molecular complexity index is 262. The zero-order valence-electron chi connectivity index (χ0n) is 7.59. The number of nitrogens with one attached hydrogen (secondary N) is 2. The third kappa shape index (κ3) is 1.88. The van der Waals surface area contributed by atoms with Crippen LogP contribution >= 0.6 is 0 Å². The Kier molecular flexibility index (Phi) is 2.59. The third-order valence-electron chi connectivity index (χ3n) is 2.37. The van der Waals surface area contributed by atoms with E-state index in [1.807, 2.05) is 0 Å². The second-order valence-electron chi connectivity index (χ2n) is 3.29. The van der Waals surface area contributed by atoms with Gasteiger partial charge in [-0.1, -0.05) is 24.3 Å². The van der Waals surface area contributed by atoms with Gasteiger partial charge in [-0.25, -0.2) is 0 Å². The average Bonchev–Trinajstić information content (AvgIpc) is 2.71. The summed E-state index contributed by atoms with van der Waals surface area (Å²) < 4.78 is 0. The minimum Gasteiger partial charge on any atom is -0.326 e. The van der Waals surface area contributed by atoms with Crippen molar-refractivity contribution < 1.29 is 0 Å². The predicted octanol–water partition coefficient (Wildman–Crippen LogP) is 0.337. The van der Waals surface area contributed by atoms with E-state index in [2.05, 4.69) is 34.9 Å². The van der Waals surface area contributed by atoms with E-state index in [1.54, 1.807) is 0 Å². The van der Waals surface area contributed by atoms with Gasteiger partial charge in [-0.2, -0.15) is 0 Å². The lowest BCUT2D eigenvalue weighted by atomic mass is 10.1. The van der Waals surface area contributed by atoms with Gasteiger partial charge in [-0.15, -0.1) is 0 Å². The molecule has 3 nitrogen and oxygen atoms in total. The molecule has 1 fully saturated rings. The van der Waals surface area contributed by atoms with E-state index >= 15 is 0 Å². The molecule has 1 aromatic carbocycles. The summed E-state index contributed by atoms with van der Waals surface area (Å²) >= 11 is 0. The van der Waals surface area contributed by atoms with Crippen molar-refractivity contribution in [2.24, 2.45) is 5.73 Å². The molecule has 1 aliphatic rings. The number of hydrogen-bond donors (Lipinski definition) is 3. The zero-order valence-corrected chi connectivity index (χ0v) is 7.59. The van der Waals surface area contributed by atoms with E-state index in [0.29, 0.717) is 12.7 Å². The summed E-state index contributed by atoms with van der Waals surface area (Å²) in [5.41, 5.74) is 7.99. The monoisotopic (exact) mass is 177 g/mol. The van der Waals surface area contributed by atoms with Crippen molar-refractivity contribution in [1.82, 2.24) is 10.6 Å². The van der Waals surface area contributed by atoms with Crippen LogP contribution in [-0.4, -0.2) is 13.1 Å². The number of rotatable bonds is 2. The second-order valence-corrected chi connectivity index (χ2v) is 3.29. The van der Waals surface area contributed by atoms with Gasteiger partial charge < -0.3 is 5.73 Å². The molecular formula is C10H15N3. The lowest BCUT2D eigenvalue weighted by Crippen LogP contribution is -2.21. The van der Waals surface area contributed by atoms with Gasteiger partial charge in [0.15, 0.2) is 0 Å². The van der Waals surface area contributed by atoms with Gasteiger partial charge in [0.2, 0.25) is 0 Å². The van der Waals surface area contributed by atoms with Crippen molar-refractivity contribution in [1.29, 1.82) is 0 Å². The molecule has 1 aliphatic heterocycles. The molecule has 0 aromatic heterocycles. The van der Waals surface area contributed by atoms with Crippen LogP contribution in [-0.2, 0) is 6.54 Å². The van der Waals surface area contributed by atoms with Gasteiger partial charge in [0.25, 0.3) is 0 Å². The highest BCUT2D eigenvalue weighted by Gasteiger charge is 2.13. The molecule has 0 unspecified atom stereocenters. The minimum absolute atomic E-state index is 0.326. The van der Waals surface area contributed by atoms with Crippen molar-refractivity contribution in [2.75, 3.05) is 13.1 Å². The van der Waals surface area contributed by atoms with Gasteiger partial charge in [-0.3, -0.25) is 10.6 Å². The van der Waals surface area contributed by atoms with Crippen LogP contribution in [0.1, 0.15) is 17.3 Å². The van der Waals surface area contributed by atoms with Crippen LogP contribution in [0.4, 0.5) is 0 Å². The van der Waals surface area contributed by atoms with E-state index in [1.165, 1.54) is 11.1 Å². The molecule has 0 bridgehead atoms.